The first-order valence-corrected chi connectivity index (χ1v) is 8.37. The lowest BCUT2D eigenvalue weighted by Crippen LogP contribution is -2.43. The molecular weight excluding hydrogens is 276 g/mol. The number of sulfone groups is 1. The standard InChI is InChI=1S/C14H22N2O3S/c1-5-6-14(2,3)16-13(17)10-7-11(15)9-12(8-10)20(4,18)19/h7-9H,5-6,15H2,1-4H3,(H,16,17). The topological polar surface area (TPSA) is 89.3 Å². The van der Waals surface area contributed by atoms with Gasteiger partial charge in [0.25, 0.3) is 5.91 Å². The van der Waals surface area contributed by atoms with Crippen molar-refractivity contribution in [3.8, 4) is 0 Å². The van der Waals surface area contributed by atoms with Gasteiger partial charge in [0.2, 0.25) is 0 Å². The molecule has 0 spiro atoms. The van der Waals surface area contributed by atoms with E-state index in [1.165, 1.54) is 18.2 Å². The Morgan fingerprint density at radius 2 is 1.90 bits per heavy atom. The SMILES string of the molecule is CCCC(C)(C)NC(=O)c1cc(N)cc(S(C)(=O)=O)c1. The van der Waals surface area contributed by atoms with Crippen LogP contribution in [0.15, 0.2) is 23.1 Å². The van der Waals surface area contributed by atoms with E-state index in [-0.39, 0.29) is 27.6 Å². The lowest BCUT2D eigenvalue weighted by molar-refractivity contribution is 0.0909. The molecule has 0 aliphatic carbocycles. The molecule has 112 valence electrons. The Morgan fingerprint density at radius 3 is 2.40 bits per heavy atom. The van der Waals surface area contributed by atoms with Crippen LogP contribution in [0.25, 0.3) is 0 Å². The highest BCUT2D eigenvalue weighted by molar-refractivity contribution is 7.90. The molecule has 0 bridgehead atoms. The van der Waals surface area contributed by atoms with Crippen LogP contribution in [0.2, 0.25) is 0 Å². The number of nitrogens with two attached hydrogens (primary N) is 1. The molecule has 0 aliphatic heterocycles. The molecule has 1 rings (SSSR count). The molecule has 0 atom stereocenters. The Bertz CT molecular complexity index is 607. The van der Waals surface area contributed by atoms with E-state index < -0.39 is 9.84 Å². The lowest BCUT2D eigenvalue weighted by Gasteiger charge is -2.26. The second kappa shape index (κ2) is 5.83. The summed E-state index contributed by atoms with van der Waals surface area (Å²) in [6, 6.07) is 4.18. The van der Waals surface area contributed by atoms with Crippen molar-refractivity contribution >= 4 is 21.4 Å². The van der Waals surface area contributed by atoms with Gasteiger partial charge in [-0.1, -0.05) is 13.3 Å². The first kappa shape index (κ1) is 16.5. The third kappa shape index (κ3) is 4.52. The van der Waals surface area contributed by atoms with Crippen molar-refractivity contribution in [3.05, 3.63) is 23.8 Å². The molecule has 20 heavy (non-hydrogen) atoms. The quantitative estimate of drug-likeness (QED) is 0.813. The zero-order valence-electron chi connectivity index (χ0n) is 12.4. The third-order valence-electron chi connectivity index (χ3n) is 2.95. The maximum absolute atomic E-state index is 12.2. The number of hydrogen-bond acceptors (Lipinski definition) is 4. The fourth-order valence-corrected chi connectivity index (χ4v) is 2.73. The van der Waals surface area contributed by atoms with Crippen LogP contribution in [0, 0.1) is 0 Å². The minimum absolute atomic E-state index is 0.0518. The van der Waals surface area contributed by atoms with Crippen LogP contribution >= 0.6 is 0 Å². The van der Waals surface area contributed by atoms with Crippen LogP contribution in [0.5, 0.6) is 0 Å². The van der Waals surface area contributed by atoms with Crippen molar-refractivity contribution in [2.45, 2.75) is 44.0 Å². The minimum atomic E-state index is -3.40. The van der Waals surface area contributed by atoms with Gasteiger partial charge in [-0.05, 0) is 38.5 Å². The number of carbonyl (C=O) groups excluding carboxylic acids is 1. The van der Waals surface area contributed by atoms with Gasteiger partial charge < -0.3 is 11.1 Å². The normalized spacial score (nSPS) is 12.2. The van der Waals surface area contributed by atoms with Crippen LogP contribution in [0.4, 0.5) is 5.69 Å². The largest absolute Gasteiger partial charge is 0.399 e. The van der Waals surface area contributed by atoms with E-state index in [0.717, 1.165) is 19.1 Å². The van der Waals surface area contributed by atoms with Gasteiger partial charge in [-0.25, -0.2) is 8.42 Å². The first-order valence-electron chi connectivity index (χ1n) is 6.48. The molecule has 0 saturated carbocycles. The smallest absolute Gasteiger partial charge is 0.251 e. The zero-order valence-corrected chi connectivity index (χ0v) is 13.2. The summed E-state index contributed by atoms with van der Waals surface area (Å²) in [4.78, 5) is 12.3. The van der Waals surface area contributed by atoms with E-state index in [9.17, 15) is 13.2 Å². The summed E-state index contributed by atoms with van der Waals surface area (Å²) in [6.07, 6.45) is 2.86. The van der Waals surface area contributed by atoms with Gasteiger partial charge in [-0.2, -0.15) is 0 Å². The number of nitrogens with one attached hydrogen (secondary N) is 1. The molecule has 1 aromatic carbocycles. The molecule has 1 aromatic rings. The van der Waals surface area contributed by atoms with Crippen LogP contribution in [0.1, 0.15) is 44.0 Å². The Morgan fingerprint density at radius 1 is 1.30 bits per heavy atom. The number of hydrogen-bond donors (Lipinski definition) is 2. The summed E-state index contributed by atoms with van der Waals surface area (Å²) >= 11 is 0. The molecule has 0 unspecified atom stereocenters. The fraction of sp³-hybridized carbons (Fsp3) is 0.500. The van der Waals surface area contributed by atoms with Crippen molar-refractivity contribution in [1.29, 1.82) is 0 Å². The summed E-state index contributed by atoms with van der Waals surface area (Å²) in [5, 5.41) is 2.89. The Kier molecular flexibility index (Phi) is 4.81. The second-order valence-electron chi connectivity index (χ2n) is 5.65. The monoisotopic (exact) mass is 298 g/mol. The second-order valence-corrected chi connectivity index (χ2v) is 7.67. The van der Waals surface area contributed by atoms with Crippen molar-refractivity contribution in [2.24, 2.45) is 0 Å². The number of rotatable bonds is 5. The summed E-state index contributed by atoms with van der Waals surface area (Å²) in [5.74, 6) is -0.319. The van der Waals surface area contributed by atoms with Crippen LogP contribution < -0.4 is 11.1 Å². The van der Waals surface area contributed by atoms with Gasteiger partial charge in [-0.3, -0.25) is 4.79 Å². The molecule has 6 heteroatoms. The Labute approximate surface area is 120 Å². The molecule has 0 heterocycles. The molecule has 3 N–H and O–H groups in total. The Hall–Kier alpha value is -1.56. The highest BCUT2D eigenvalue weighted by Gasteiger charge is 2.21. The number of benzene rings is 1. The summed E-state index contributed by atoms with van der Waals surface area (Å²) in [7, 11) is -3.40. The molecule has 0 saturated heterocycles. The van der Waals surface area contributed by atoms with Crippen LogP contribution in [-0.4, -0.2) is 26.1 Å². The van der Waals surface area contributed by atoms with E-state index in [1.54, 1.807) is 0 Å². The van der Waals surface area contributed by atoms with E-state index in [0.29, 0.717) is 0 Å². The predicted octanol–water partition coefficient (Wildman–Crippen LogP) is 1.98. The number of amides is 1. The summed E-state index contributed by atoms with van der Waals surface area (Å²) < 4.78 is 23.1. The Balaban J connectivity index is 3.09. The third-order valence-corrected chi connectivity index (χ3v) is 4.04. The lowest BCUT2D eigenvalue weighted by atomic mass is 9.98. The predicted molar refractivity (Wildman–Crippen MR) is 80.4 cm³/mol. The molecule has 1 amide bonds. The van der Waals surface area contributed by atoms with E-state index >= 15 is 0 Å². The van der Waals surface area contributed by atoms with E-state index in [1.807, 2.05) is 20.8 Å². The van der Waals surface area contributed by atoms with Gasteiger partial charge >= 0.3 is 0 Å². The molecule has 0 aliphatic rings. The fourth-order valence-electron chi connectivity index (χ4n) is 2.03. The van der Waals surface area contributed by atoms with Crippen molar-refractivity contribution < 1.29 is 13.2 Å². The molecular formula is C14H22N2O3S. The highest BCUT2D eigenvalue weighted by atomic mass is 32.2. The first-order chi connectivity index (χ1) is 9.05. The van der Waals surface area contributed by atoms with Gasteiger partial charge in [0.1, 0.15) is 0 Å². The average molecular weight is 298 g/mol. The molecule has 0 fully saturated rings. The number of nitrogen functional groups attached to an aromatic ring is 1. The van der Waals surface area contributed by atoms with E-state index in [4.69, 9.17) is 5.73 Å². The molecule has 0 radical (unpaired) electrons. The summed E-state index contributed by atoms with van der Waals surface area (Å²) in [6.45, 7) is 5.90. The van der Waals surface area contributed by atoms with Gasteiger partial charge in [-0.15, -0.1) is 0 Å². The zero-order chi connectivity index (χ0) is 15.6. The number of anilines is 1. The summed E-state index contributed by atoms with van der Waals surface area (Å²) in [5.41, 5.74) is 5.84. The van der Waals surface area contributed by atoms with Crippen LogP contribution in [-0.2, 0) is 9.84 Å². The maximum atomic E-state index is 12.2. The number of carbonyl (C=O) groups is 1. The van der Waals surface area contributed by atoms with Crippen molar-refractivity contribution in [1.82, 2.24) is 5.32 Å². The average Bonchev–Trinajstić information content (AvgIpc) is 2.26. The van der Waals surface area contributed by atoms with Crippen molar-refractivity contribution in [3.63, 3.8) is 0 Å². The van der Waals surface area contributed by atoms with Crippen molar-refractivity contribution in [2.75, 3.05) is 12.0 Å². The van der Waals surface area contributed by atoms with Gasteiger partial charge in [0.15, 0.2) is 9.84 Å². The van der Waals surface area contributed by atoms with Gasteiger partial charge in [0.05, 0.1) is 4.90 Å². The van der Waals surface area contributed by atoms with Crippen LogP contribution in [0.3, 0.4) is 0 Å². The maximum Gasteiger partial charge on any atom is 0.251 e. The van der Waals surface area contributed by atoms with E-state index in [2.05, 4.69) is 5.32 Å². The van der Waals surface area contributed by atoms with Gasteiger partial charge in [0, 0.05) is 23.0 Å². The molecule has 5 nitrogen and oxygen atoms in total. The molecule has 0 aromatic heterocycles. The highest BCUT2D eigenvalue weighted by Crippen LogP contribution is 2.18. The minimum Gasteiger partial charge on any atom is -0.399 e.